The summed E-state index contributed by atoms with van der Waals surface area (Å²) in [4.78, 5) is 10.9. The molecule has 1 heterocycles. The van der Waals surface area contributed by atoms with Crippen LogP contribution in [-0.4, -0.2) is 44.6 Å². The summed E-state index contributed by atoms with van der Waals surface area (Å²) >= 11 is 0. The summed E-state index contributed by atoms with van der Waals surface area (Å²) in [6.07, 6.45) is 3.53. The van der Waals surface area contributed by atoms with Crippen LogP contribution in [0, 0.1) is 5.92 Å². The Kier molecular flexibility index (Phi) is 6.08. The molecule has 0 unspecified atom stereocenters. The Labute approximate surface area is 110 Å². The third-order valence-corrected chi connectivity index (χ3v) is 5.51. The van der Waals surface area contributed by atoms with Crippen LogP contribution < -0.4 is 0 Å². The van der Waals surface area contributed by atoms with Gasteiger partial charge in [0.1, 0.15) is 0 Å². The molecule has 0 aliphatic carbocycles. The van der Waals surface area contributed by atoms with Crippen LogP contribution in [0.2, 0.25) is 0 Å². The molecule has 5 nitrogen and oxygen atoms in total. The number of hydrogen-bond acceptors (Lipinski definition) is 4. The van der Waals surface area contributed by atoms with Crippen molar-refractivity contribution in [1.82, 2.24) is 4.31 Å². The van der Waals surface area contributed by atoms with Crippen LogP contribution in [0.3, 0.4) is 0 Å². The van der Waals surface area contributed by atoms with Crippen molar-refractivity contribution in [3.05, 3.63) is 0 Å². The number of ether oxygens (including phenoxy) is 1. The summed E-state index contributed by atoms with van der Waals surface area (Å²) in [5, 5.41) is 0. The van der Waals surface area contributed by atoms with Gasteiger partial charge in [-0.05, 0) is 25.2 Å². The highest BCUT2D eigenvalue weighted by Gasteiger charge is 2.26. The third-order valence-electron chi connectivity index (χ3n) is 3.56. The first kappa shape index (κ1) is 15.4. The number of esters is 1. The Morgan fingerprint density at radius 1 is 1.33 bits per heavy atom. The van der Waals surface area contributed by atoms with Crippen molar-refractivity contribution >= 4 is 16.0 Å². The van der Waals surface area contributed by atoms with Gasteiger partial charge in [-0.2, -0.15) is 0 Å². The van der Waals surface area contributed by atoms with Gasteiger partial charge in [0.25, 0.3) is 0 Å². The van der Waals surface area contributed by atoms with Crippen LogP contribution in [0.1, 0.15) is 39.0 Å². The minimum absolute atomic E-state index is 0.0406. The van der Waals surface area contributed by atoms with E-state index in [1.54, 1.807) is 4.31 Å². The average molecular weight is 277 g/mol. The maximum absolute atomic E-state index is 12.0. The van der Waals surface area contributed by atoms with Crippen molar-refractivity contribution < 1.29 is 17.9 Å². The number of carbonyl (C=O) groups excluding carboxylic acids is 1. The largest absolute Gasteiger partial charge is 0.469 e. The van der Waals surface area contributed by atoms with Gasteiger partial charge >= 0.3 is 5.97 Å². The average Bonchev–Trinajstić information content (AvgIpc) is 2.38. The number of nitrogens with zero attached hydrogens (tertiary/aromatic N) is 1. The molecule has 0 aromatic rings. The molecule has 1 saturated heterocycles. The van der Waals surface area contributed by atoms with E-state index in [0.29, 0.717) is 25.4 Å². The monoisotopic (exact) mass is 277 g/mol. The van der Waals surface area contributed by atoms with E-state index in [2.05, 4.69) is 11.7 Å². The van der Waals surface area contributed by atoms with Crippen LogP contribution in [-0.2, 0) is 19.6 Å². The van der Waals surface area contributed by atoms with Crippen molar-refractivity contribution in [2.75, 3.05) is 26.0 Å². The molecule has 1 fully saturated rings. The van der Waals surface area contributed by atoms with E-state index in [1.807, 2.05) is 0 Å². The fourth-order valence-electron chi connectivity index (χ4n) is 2.23. The Balaban J connectivity index is 2.37. The van der Waals surface area contributed by atoms with Gasteiger partial charge < -0.3 is 4.74 Å². The van der Waals surface area contributed by atoms with Gasteiger partial charge in [-0.25, -0.2) is 12.7 Å². The van der Waals surface area contributed by atoms with Crippen molar-refractivity contribution in [3.63, 3.8) is 0 Å². The Hall–Kier alpha value is -0.620. The second-order valence-corrected chi connectivity index (χ2v) is 6.83. The van der Waals surface area contributed by atoms with E-state index < -0.39 is 10.0 Å². The molecule has 6 heteroatoms. The lowest BCUT2D eigenvalue weighted by Gasteiger charge is -2.30. The number of methoxy groups -OCH3 is 1. The first-order valence-electron chi connectivity index (χ1n) is 6.54. The predicted octanol–water partition coefficient (Wildman–Crippen LogP) is 1.39. The molecule has 1 aliphatic rings. The number of carbonyl (C=O) groups is 1. The Bertz CT molecular complexity index is 358. The highest BCUT2D eigenvalue weighted by atomic mass is 32.2. The van der Waals surface area contributed by atoms with Gasteiger partial charge in [0.05, 0.1) is 12.9 Å². The second kappa shape index (κ2) is 7.09. The van der Waals surface area contributed by atoms with Crippen LogP contribution in [0.5, 0.6) is 0 Å². The lowest BCUT2D eigenvalue weighted by atomic mass is 9.96. The van der Waals surface area contributed by atoms with Crippen LogP contribution in [0.15, 0.2) is 0 Å². The molecule has 0 aromatic heterocycles. The maximum atomic E-state index is 12.0. The molecule has 1 aliphatic heterocycles. The quantitative estimate of drug-likeness (QED) is 0.688. The van der Waals surface area contributed by atoms with E-state index in [-0.39, 0.29) is 18.1 Å². The molecular weight excluding hydrogens is 254 g/mol. The molecule has 0 radical (unpaired) electrons. The van der Waals surface area contributed by atoms with E-state index in [1.165, 1.54) is 7.11 Å². The zero-order valence-electron chi connectivity index (χ0n) is 11.2. The SMILES string of the molecule is CCC1CCN(S(=O)(=O)CCCC(=O)OC)CC1. The van der Waals surface area contributed by atoms with Gasteiger partial charge in [0, 0.05) is 19.5 Å². The second-order valence-electron chi connectivity index (χ2n) is 4.75. The molecule has 0 atom stereocenters. The zero-order valence-corrected chi connectivity index (χ0v) is 12.0. The number of hydrogen-bond donors (Lipinski definition) is 0. The zero-order chi connectivity index (χ0) is 13.6. The summed E-state index contributed by atoms with van der Waals surface area (Å²) in [6, 6.07) is 0. The van der Waals surface area contributed by atoms with Crippen LogP contribution in [0.25, 0.3) is 0 Å². The van der Waals surface area contributed by atoms with E-state index >= 15 is 0 Å². The smallest absolute Gasteiger partial charge is 0.305 e. The summed E-state index contributed by atoms with van der Waals surface area (Å²) in [5.74, 6) is 0.347. The topological polar surface area (TPSA) is 63.7 Å². The highest BCUT2D eigenvalue weighted by molar-refractivity contribution is 7.89. The van der Waals surface area contributed by atoms with Crippen LogP contribution >= 0.6 is 0 Å². The maximum Gasteiger partial charge on any atom is 0.305 e. The molecule has 18 heavy (non-hydrogen) atoms. The summed E-state index contributed by atoms with van der Waals surface area (Å²) in [5.41, 5.74) is 0. The predicted molar refractivity (Wildman–Crippen MR) is 69.6 cm³/mol. The first-order chi connectivity index (χ1) is 8.49. The number of sulfonamides is 1. The van der Waals surface area contributed by atoms with Gasteiger partial charge in [-0.15, -0.1) is 0 Å². The third kappa shape index (κ3) is 4.57. The Morgan fingerprint density at radius 3 is 2.44 bits per heavy atom. The minimum Gasteiger partial charge on any atom is -0.469 e. The molecule has 1 rings (SSSR count). The lowest BCUT2D eigenvalue weighted by Crippen LogP contribution is -2.39. The molecule has 0 spiro atoms. The normalized spacial score (nSPS) is 18.8. The minimum atomic E-state index is -3.19. The summed E-state index contributed by atoms with van der Waals surface area (Å²) in [6.45, 7) is 3.39. The van der Waals surface area contributed by atoms with Gasteiger partial charge in [0.2, 0.25) is 10.0 Å². The lowest BCUT2D eigenvalue weighted by molar-refractivity contribution is -0.140. The van der Waals surface area contributed by atoms with Crippen molar-refractivity contribution in [2.24, 2.45) is 5.92 Å². The molecule has 0 saturated carbocycles. The van der Waals surface area contributed by atoms with Crippen molar-refractivity contribution in [1.29, 1.82) is 0 Å². The molecule has 0 N–H and O–H groups in total. The van der Waals surface area contributed by atoms with Crippen molar-refractivity contribution in [2.45, 2.75) is 39.0 Å². The molecule has 0 amide bonds. The van der Waals surface area contributed by atoms with Crippen molar-refractivity contribution in [3.8, 4) is 0 Å². The number of piperidine rings is 1. The van der Waals surface area contributed by atoms with Gasteiger partial charge in [-0.1, -0.05) is 13.3 Å². The molecule has 0 bridgehead atoms. The van der Waals surface area contributed by atoms with E-state index in [9.17, 15) is 13.2 Å². The fourth-order valence-corrected chi connectivity index (χ4v) is 3.76. The van der Waals surface area contributed by atoms with Gasteiger partial charge in [-0.3, -0.25) is 4.79 Å². The molecule has 106 valence electrons. The fraction of sp³-hybridized carbons (Fsp3) is 0.917. The standard InChI is InChI=1S/C12H23NO4S/c1-3-11-6-8-13(9-7-11)18(15,16)10-4-5-12(14)17-2/h11H,3-10H2,1-2H3. The first-order valence-corrected chi connectivity index (χ1v) is 8.15. The summed E-state index contributed by atoms with van der Waals surface area (Å²) in [7, 11) is -1.88. The Morgan fingerprint density at radius 2 is 1.94 bits per heavy atom. The van der Waals surface area contributed by atoms with Gasteiger partial charge in [0.15, 0.2) is 0 Å². The van der Waals surface area contributed by atoms with E-state index in [4.69, 9.17) is 0 Å². The molecule has 0 aromatic carbocycles. The van der Waals surface area contributed by atoms with Crippen LogP contribution in [0.4, 0.5) is 0 Å². The van der Waals surface area contributed by atoms with E-state index in [0.717, 1.165) is 19.3 Å². The molecular formula is C12H23NO4S. The summed E-state index contributed by atoms with van der Waals surface area (Å²) < 4.78 is 30.1. The number of rotatable bonds is 6. The highest BCUT2D eigenvalue weighted by Crippen LogP contribution is 2.22.